The minimum absolute atomic E-state index is 0.0545. The molecule has 0 saturated heterocycles. The highest BCUT2D eigenvalue weighted by Gasteiger charge is 2.36. The van der Waals surface area contributed by atoms with Crippen molar-refractivity contribution < 1.29 is 18.0 Å². The van der Waals surface area contributed by atoms with Crippen LogP contribution in [-0.4, -0.2) is 5.24 Å². The van der Waals surface area contributed by atoms with Crippen LogP contribution in [-0.2, 0) is 6.18 Å². The van der Waals surface area contributed by atoms with Gasteiger partial charge in [0.25, 0.3) is 5.24 Å². The van der Waals surface area contributed by atoms with Gasteiger partial charge in [0.1, 0.15) is 0 Å². The maximum atomic E-state index is 13.0. The molecule has 1 nitrogen and oxygen atoms in total. The summed E-state index contributed by atoms with van der Waals surface area (Å²) in [5.74, 6) is -0.0545. The van der Waals surface area contributed by atoms with E-state index >= 15 is 0 Å². The smallest absolute Gasteiger partial charge is 0.276 e. The van der Waals surface area contributed by atoms with Crippen LogP contribution in [0.1, 0.15) is 53.1 Å². The normalized spacial score (nSPS) is 17.1. The number of carbonyl (C=O) groups is 1. The van der Waals surface area contributed by atoms with Crippen molar-refractivity contribution >= 4 is 16.8 Å². The molecule has 0 aliphatic heterocycles. The Bertz CT molecular complexity index is 462. The lowest BCUT2D eigenvalue weighted by atomic mass is 9.91. The van der Waals surface area contributed by atoms with Crippen LogP contribution in [0.5, 0.6) is 0 Å². The van der Waals surface area contributed by atoms with E-state index in [0.717, 1.165) is 31.7 Å². The van der Waals surface area contributed by atoms with Gasteiger partial charge in [-0.05, 0) is 48.1 Å². The first-order chi connectivity index (χ1) is 8.39. The van der Waals surface area contributed by atoms with E-state index < -0.39 is 17.0 Å². The van der Waals surface area contributed by atoms with Crippen molar-refractivity contribution in [1.29, 1.82) is 0 Å². The van der Waals surface area contributed by atoms with Crippen molar-refractivity contribution in [1.82, 2.24) is 0 Å². The first-order valence-corrected chi connectivity index (χ1v) is 6.18. The first-order valence-electron chi connectivity index (χ1n) is 5.80. The third-order valence-electron chi connectivity index (χ3n) is 3.38. The Morgan fingerprint density at radius 2 is 1.83 bits per heavy atom. The third kappa shape index (κ3) is 2.69. The molecule has 1 aliphatic rings. The van der Waals surface area contributed by atoms with Gasteiger partial charge in [0.2, 0.25) is 0 Å². The van der Waals surface area contributed by atoms with Crippen molar-refractivity contribution in [2.75, 3.05) is 0 Å². The monoisotopic (exact) mass is 276 g/mol. The van der Waals surface area contributed by atoms with Gasteiger partial charge in [-0.1, -0.05) is 18.9 Å². The molecule has 0 spiro atoms. The maximum absolute atomic E-state index is 13.0. The molecule has 0 atom stereocenters. The predicted octanol–water partition coefficient (Wildman–Crippen LogP) is 4.74. The molecular formula is C13H12ClF3O. The van der Waals surface area contributed by atoms with Crippen molar-refractivity contribution in [2.24, 2.45) is 0 Å². The second kappa shape index (κ2) is 4.92. The van der Waals surface area contributed by atoms with Gasteiger partial charge in [-0.3, -0.25) is 4.79 Å². The number of carbonyl (C=O) groups excluding carboxylic acids is 1. The van der Waals surface area contributed by atoms with Gasteiger partial charge in [0.05, 0.1) is 5.56 Å². The zero-order valence-corrected chi connectivity index (χ0v) is 10.3. The molecule has 98 valence electrons. The molecule has 18 heavy (non-hydrogen) atoms. The van der Waals surface area contributed by atoms with E-state index in [9.17, 15) is 18.0 Å². The van der Waals surface area contributed by atoms with Gasteiger partial charge in [-0.25, -0.2) is 0 Å². The molecule has 0 unspecified atom stereocenters. The zero-order valence-electron chi connectivity index (χ0n) is 9.56. The van der Waals surface area contributed by atoms with Crippen LogP contribution in [0.25, 0.3) is 0 Å². The fraction of sp³-hybridized carbons (Fsp3) is 0.462. The lowest BCUT2D eigenvalue weighted by Crippen LogP contribution is -2.12. The van der Waals surface area contributed by atoms with Gasteiger partial charge in [-0.2, -0.15) is 13.2 Å². The number of rotatable bonds is 2. The second-order valence-corrected chi connectivity index (χ2v) is 4.90. The van der Waals surface area contributed by atoms with Gasteiger partial charge in [0, 0.05) is 5.56 Å². The van der Waals surface area contributed by atoms with Crippen LogP contribution in [0.3, 0.4) is 0 Å². The molecule has 0 amide bonds. The van der Waals surface area contributed by atoms with Gasteiger partial charge in [-0.15, -0.1) is 0 Å². The Kier molecular flexibility index (Phi) is 3.66. The third-order valence-corrected chi connectivity index (χ3v) is 3.60. The topological polar surface area (TPSA) is 17.1 Å². The summed E-state index contributed by atoms with van der Waals surface area (Å²) in [6.07, 6.45) is -0.981. The number of hydrogen-bond donors (Lipinski definition) is 0. The Morgan fingerprint density at radius 3 is 2.33 bits per heavy atom. The molecule has 1 aromatic carbocycles. The Morgan fingerprint density at radius 1 is 1.22 bits per heavy atom. The number of halogens is 4. The summed E-state index contributed by atoms with van der Waals surface area (Å²) in [7, 11) is 0. The summed E-state index contributed by atoms with van der Waals surface area (Å²) in [5, 5.41) is -0.863. The summed E-state index contributed by atoms with van der Waals surface area (Å²) in [4.78, 5) is 11.0. The molecule has 0 bridgehead atoms. The molecule has 1 aliphatic carbocycles. The van der Waals surface area contributed by atoms with Crippen LogP contribution in [0.4, 0.5) is 13.2 Å². The van der Waals surface area contributed by atoms with Crippen LogP contribution in [0.2, 0.25) is 0 Å². The van der Waals surface area contributed by atoms with E-state index in [-0.39, 0.29) is 11.5 Å². The largest absolute Gasteiger partial charge is 0.416 e. The molecule has 1 fully saturated rings. The number of hydrogen-bond acceptors (Lipinski definition) is 1. The van der Waals surface area contributed by atoms with Crippen molar-refractivity contribution in [2.45, 2.75) is 37.8 Å². The summed E-state index contributed by atoms with van der Waals surface area (Å²) in [6, 6.07) is 3.63. The quantitative estimate of drug-likeness (QED) is 0.713. The summed E-state index contributed by atoms with van der Waals surface area (Å²) < 4.78 is 39.0. The summed E-state index contributed by atoms with van der Waals surface area (Å²) in [6.45, 7) is 0. The highest BCUT2D eigenvalue weighted by molar-refractivity contribution is 6.67. The van der Waals surface area contributed by atoms with E-state index in [2.05, 4.69) is 0 Å². The van der Waals surface area contributed by atoms with Gasteiger partial charge >= 0.3 is 6.18 Å². The highest BCUT2D eigenvalue weighted by atomic mass is 35.5. The SMILES string of the molecule is O=C(Cl)c1ccc(C2CCCC2)c(C(F)(F)F)c1. The minimum atomic E-state index is -4.44. The fourth-order valence-corrected chi connectivity index (χ4v) is 2.63. The zero-order chi connectivity index (χ0) is 13.3. The van der Waals surface area contributed by atoms with E-state index in [1.54, 1.807) is 0 Å². The maximum Gasteiger partial charge on any atom is 0.416 e. The molecule has 1 saturated carbocycles. The van der Waals surface area contributed by atoms with Gasteiger partial charge < -0.3 is 0 Å². The summed E-state index contributed by atoms with van der Waals surface area (Å²) in [5.41, 5.74) is -0.534. The van der Waals surface area contributed by atoms with Gasteiger partial charge in [0.15, 0.2) is 0 Å². The Labute approximate surface area is 108 Å². The summed E-state index contributed by atoms with van der Waals surface area (Å²) >= 11 is 5.23. The standard InChI is InChI=1S/C13H12ClF3O/c14-12(18)9-5-6-10(8-3-1-2-4-8)11(7-9)13(15,16)17/h5-8H,1-4H2. The molecule has 0 aromatic heterocycles. The van der Waals surface area contributed by atoms with Crippen LogP contribution in [0, 0.1) is 0 Å². The Hall–Kier alpha value is -1.03. The van der Waals surface area contributed by atoms with Crippen LogP contribution < -0.4 is 0 Å². The van der Waals surface area contributed by atoms with Crippen molar-refractivity contribution in [3.8, 4) is 0 Å². The minimum Gasteiger partial charge on any atom is -0.276 e. The lowest BCUT2D eigenvalue weighted by molar-refractivity contribution is -0.138. The molecule has 2 rings (SSSR count). The fourth-order valence-electron chi connectivity index (χ4n) is 2.52. The second-order valence-electron chi connectivity index (χ2n) is 4.55. The van der Waals surface area contributed by atoms with E-state index in [4.69, 9.17) is 11.6 Å². The average Bonchev–Trinajstić information content (AvgIpc) is 2.80. The van der Waals surface area contributed by atoms with Crippen molar-refractivity contribution in [3.63, 3.8) is 0 Å². The predicted molar refractivity (Wildman–Crippen MR) is 62.8 cm³/mol. The molecule has 1 aromatic rings. The molecule has 5 heteroatoms. The molecule has 0 heterocycles. The lowest BCUT2D eigenvalue weighted by Gasteiger charge is -2.18. The van der Waals surface area contributed by atoms with Crippen LogP contribution in [0.15, 0.2) is 18.2 Å². The molecular weight excluding hydrogens is 265 g/mol. The van der Waals surface area contributed by atoms with E-state index in [1.165, 1.54) is 12.1 Å². The van der Waals surface area contributed by atoms with E-state index in [1.807, 2.05) is 0 Å². The molecule has 0 radical (unpaired) electrons. The first kappa shape index (κ1) is 13.4. The van der Waals surface area contributed by atoms with Crippen LogP contribution >= 0.6 is 11.6 Å². The average molecular weight is 277 g/mol. The number of benzene rings is 1. The number of alkyl halides is 3. The highest BCUT2D eigenvalue weighted by Crippen LogP contribution is 2.41. The van der Waals surface area contributed by atoms with E-state index in [0.29, 0.717) is 5.56 Å². The van der Waals surface area contributed by atoms with Crippen molar-refractivity contribution in [3.05, 3.63) is 34.9 Å². The molecule has 0 N–H and O–H groups in total. The Balaban J connectivity index is 2.48.